The van der Waals surface area contributed by atoms with E-state index in [-0.39, 0.29) is 11.7 Å². The van der Waals surface area contributed by atoms with E-state index in [0.29, 0.717) is 27.4 Å². The summed E-state index contributed by atoms with van der Waals surface area (Å²) in [6, 6.07) is 22.8. The van der Waals surface area contributed by atoms with Gasteiger partial charge in [-0.1, -0.05) is 41.9 Å². The van der Waals surface area contributed by atoms with Crippen LogP contribution in [-0.2, 0) is 0 Å². The molecule has 164 valence electrons. The van der Waals surface area contributed by atoms with Gasteiger partial charge < -0.3 is 10.4 Å². The SMILES string of the molecule is O=C(NN1C(=O)c2cc(I)ccc2N[C@@H]1c1c(O)ccc2ccccc12)c1ccc(Cl)cc1. The molecule has 4 aromatic rings. The standard InChI is InChI=1S/C25H17ClIN3O3/c26-16-8-5-15(6-9-16)24(32)29-30-23(28-20-11-10-17(27)13-19(20)25(30)33)22-18-4-2-1-3-14(18)7-12-21(22)31/h1-13,23,28,31H,(H,29,32)/t23-/m0/s1. The molecule has 0 radical (unpaired) electrons. The largest absolute Gasteiger partial charge is 0.507 e. The molecule has 3 N–H and O–H groups in total. The number of halogens is 2. The highest BCUT2D eigenvalue weighted by Gasteiger charge is 2.37. The molecule has 0 aliphatic carbocycles. The Morgan fingerprint density at radius 2 is 1.79 bits per heavy atom. The minimum Gasteiger partial charge on any atom is -0.507 e. The van der Waals surface area contributed by atoms with E-state index < -0.39 is 12.1 Å². The second-order valence-corrected chi connectivity index (χ2v) is 9.26. The quantitative estimate of drug-likeness (QED) is 0.276. The van der Waals surface area contributed by atoms with Gasteiger partial charge in [0, 0.05) is 25.4 Å². The lowest BCUT2D eigenvalue weighted by molar-refractivity contribution is 0.0490. The number of aromatic hydroxyl groups is 1. The van der Waals surface area contributed by atoms with E-state index in [4.69, 9.17) is 11.6 Å². The number of anilines is 1. The number of carbonyl (C=O) groups is 2. The summed E-state index contributed by atoms with van der Waals surface area (Å²) in [5, 5.41) is 17.6. The molecule has 1 aliphatic heterocycles. The van der Waals surface area contributed by atoms with Gasteiger partial charge in [0.15, 0.2) is 6.17 Å². The molecule has 0 aromatic heterocycles. The molecule has 0 bridgehead atoms. The average Bonchev–Trinajstić information content (AvgIpc) is 2.82. The molecule has 4 aromatic carbocycles. The summed E-state index contributed by atoms with van der Waals surface area (Å²) in [4.78, 5) is 26.6. The number of carbonyl (C=O) groups excluding carboxylic acids is 2. The Labute approximate surface area is 208 Å². The summed E-state index contributed by atoms with van der Waals surface area (Å²) >= 11 is 8.08. The summed E-state index contributed by atoms with van der Waals surface area (Å²) in [6.45, 7) is 0. The molecule has 0 saturated carbocycles. The third-order valence-electron chi connectivity index (χ3n) is 5.53. The van der Waals surface area contributed by atoms with Crippen molar-refractivity contribution >= 4 is 62.5 Å². The van der Waals surface area contributed by atoms with Crippen LogP contribution in [-0.4, -0.2) is 21.9 Å². The molecule has 0 fully saturated rings. The van der Waals surface area contributed by atoms with Gasteiger partial charge in [0.1, 0.15) is 5.75 Å². The Balaban J connectivity index is 1.64. The molecule has 33 heavy (non-hydrogen) atoms. The summed E-state index contributed by atoms with van der Waals surface area (Å²) < 4.78 is 0.886. The summed E-state index contributed by atoms with van der Waals surface area (Å²) in [6.07, 6.45) is -0.840. The van der Waals surface area contributed by atoms with Crippen LogP contribution >= 0.6 is 34.2 Å². The molecule has 8 heteroatoms. The number of hydrogen-bond donors (Lipinski definition) is 3. The van der Waals surface area contributed by atoms with Crippen molar-refractivity contribution in [2.24, 2.45) is 0 Å². The Morgan fingerprint density at radius 3 is 2.58 bits per heavy atom. The number of phenols is 1. The maximum absolute atomic E-state index is 13.6. The van der Waals surface area contributed by atoms with Gasteiger partial charge in [-0.05, 0) is 81.9 Å². The number of benzene rings is 4. The van der Waals surface area contributed by atoms with Gasteiger partial charge in [0.2, 0.25) is 0 Å². The van der Waals surface area contributed by atoms with Crippen molar-refractivity contribution in [3.05, 3.63) is 104 Å². The predicted molar refractivity (Wildman–Crippen MR) is 136 cm³/mol. The molecule has 0 spiro atoms. The van der Waals surface area contributed by atoms with Gasteiger partial charge >= 0.3 is 0 Å². The highest BCUT2D eigenvalue weighted by atomic mass is 127. The predicted octanol–water partition coefficient (Wildman–Crippen LogP) is 5.71. The lowest BCUT2D eigenvalue weighted by Gasteiger charge is -2.38. The van der Waals surface area contributed by atoms with Crippen LogP contribution in [0.15, 0.2) is 78.9 Å². The fraction of sp³-hybridized carbons (Fsp3) is 0.0400. The second kappa shape index (κ2) is 8.57. The number of amides is 2. The molecule has 1 aliphatic rings. The molecule has 6 nitrogen and oxygen atoms in total. The first kappa shape index (κ1) is 21.5. The fourth-order valence-corrected chi connectivity index (χ4v) is 4.56. The van der Waals surface area contributed by atoms with Crippen LogP contribution in [0.5, 0.6) is 5.75 Å². The van der Waals surface area contributed by atoms with Crippen molar-refractivity contribution in [2.75, 3.05) is 5.32 Å². The molecule has 1 atom stereocenters. The third-order valence-corrected chi connectivity index (χ3v) is 6.45. The molecule has 2 amide bonds. The Morgan fingerprint density at radius 1 is 1.03 bits per heavy atom. The number of phenolic OH excluding ortho intramolecular Hbond substituents is 1. The lowest BCUT2D eigenvalue weighted by atomic mass is 9.98. The number of nitrogens with zero attached hydrogens (tertiary/aromatic N) is 1. The summed E-state index contributed by atoms with van der Waals surface area (Å²) in [5.41, 5.74) is 4.61. The van der Waals surface area contributed by atoms with Gasteiger partial charge in [0.25, 0.3) is 11.8 Å². The van der Waals surface area contributed by atoms with Crippen molar-refractivity contribution in [3.8, 4) is 5.75 Å². The normalized spacial score (nSPS) is 15.2. The van der Waals surface area contributed by atoms with Crippen molar-refractivity contribution in [2.45, 2.75) is 6.17 Å². The third kappa shape index (κ3) is 3.98. The molecular formula is C25H17ClIN3O3. The first-order valence-electron chi connectivity index (χ1n) is 10.1. The van der Waals surface area contributed by atoms with Gasteiger partial charge in [-0.3, -0.25) is 15.0 Å². The molecule has 0 saturated heterocycles. The number of hydrogen-bond acceptors (Lipinski definition) is 4. The van der Waals surface area contributed by atoms with E-state index in [1.54, 1.807) is 36.4 Å². The smallest absolute Gasteiger partial charge is 0.276 e. The van der Waals surface area contributed by atoms with Crippen molar-refractivity contribution in [1.82, 2.24) is 10.4 Å². The zero-order chi connectivity index (χ0) is 23.1. The maximum Gasteiger partial charge on any atom is 0.276 e. The number of hydrazine groups is 1. The molecule has 1 heterocycles. The van der Waals surface area contributed by atoms with Crippen LogP contribution in [0.4, 0.5) is 5.69 Å². The van der Waals surface area contributed by atoms with Crippen LogP contribution in [0, 0.1) is 3.57 Å². The topological polar surface area (TPSA) is 81.7 Å². The van der Waals surface area contributed by atoms with Gasteiger partial charge in [-0.25, -0.2) is 5.01 Å². The lowest BCUT2D eigenvalue weighted by Crippen LogP contribution is -2.53. The molecular weight excluding hydrogens is 553 g/mol. The van der Waals surface area contributed by atoms with Gasteiger partial charge in [-0.2, -0.15) is 0 Å². The minimum absolute atomic E-state index is 0.0127. The van der Waals surface area contributed by atoms with Crippen LogP contribution in [0.1, 0.15) is 32.4 Å². The van der Waals surface area contributed by atoms with Crippen LogP contribution in [0.25, 0.3) is 10.8 Å². The van der Waals surface area contributed by atoms with E-state index in [1.165, 1.54) is 5.01 Å². The van der Waals surface area contributed by atoms with Gasteiger partial charge in [-0.15, -0.1) is 0 Å². The van der Waals surface area contributed by atoms with Crippen LogP contribution < -0.4 is 10.7 Å². The summed E-state index contributed by atoms with van der Waals surface area (Å²) in [5.74, 6) is -0.846. The summed E-state index contributed by atoms with van der Waals surface area (Å²) in [7, 11) is 0. The highest BCUT2D eigenvalue weighted by Crippen LogP contribution is 2.39. The van der Waals surface area contributed by atoms with E-state index in [0.717, 1.165) is 14.3 Å². The fourth-order valence-electron chi connectivity index (χ4n) is 3.94. The first-order chi connectivity index (χ1) is 15.9. The highest BCUT2D eigenvalue weighted by molar-refractivity contribution is 14.1. The Kier molecular flexibility index (Phi) is 5.59. The van der Waals surface area contributed by atoms with E-state index in [9.17, 15) is 14.7 Å². The zero-order valence-corrected chi connectivity index (χ0v) is 20.0. The number of fused-ring (bicyclic) bond motifs is 2. The first-order valence-corrected chi connectivity index (χ1v) is 11.5. The van der Waals surface area contributed by atoms with E-state index in [1.807, 2.05) is 42.5 Å². The van der Waals surface area contributed by atoms with Crippen LogP contribution in [0.2, 0.25) is 5.02 Å². The van der Waals surface area contributed by atoms with Crippen molar-refractivity contribution in [3.63, 3.8) is 0 Å². The van der Waals surface area contributed by atoms with Crippen molar-refractivity contribution < 1.29 is 14.7 Å². The van der Waals surface area contributed by atoms with Gasteiger partial charge in [0.05, 0.1) is 5.56 Å². The molecule has 5 rings (SSSR count). The number of nitrogens with one attached hydrogen (secondary N) is 2. The van der Waals surface area contributed by atoms with E-state index >= 15 is 0 Å². The van der Waals surface area contributed by atoms with Crippen LogP contribution in [0.3, 0.4) is 0 Å². The number of rotatable bonds is 3. The second-order valence-electron chi connectivity index (χ2n) is 7.58. The monoisotopic (exact) mass is 569 g/mol. The molecule has 0 unspecified atom stereocenters. The Bertz CT molecular complexity index is 1410. The Hall–Kier alpha value is -3.30. The average molecular weight is 570 g/mol. The van der Waals surface area contributed by atoms with E-state index in [2.05, 4.69) is 33.3 Å². The minimum atomic E-state index is -0.840. The van der Waals surface area contributed by atoms with Crippen molar-refractivity contribution in [1.29, 1.82) is 0 Å². The maximum atomic E-state index is 13.6. The zero-order valence-electron chi connectivity index (χ0n) is 17.0.